The van der Waals surface area contributed by atoms with E-state index in [4.69, 9.17) is 21.1 Å². The number of carbonyl (C=O) groups is 1. The first-order valence-electron chi connectivity index (χ1n) is 10.1. The highest BCUT2D eigenvalue weighted by Gasteiger charge is 2.51. The number of benzene rings is 1. The first-order chi connectivity index (χ1) is 13.9. The van der Waals surface area contributed by atoms with Gasteiger partial charge in [0, 0.05) is 38.2 Å². The molecule has 0 spiro atoms. The van der Waals surface area contributed by atoms with E-state index in [0.717, 1.165) is 18.9 Å². The minimum atomic E-state index is -1.24. The molecule has 170 valence electrons. The third-order valence-electron chi connectivity index (χ3n) is 5.87. The predicted molar refractivity (Wildman–Crippen MR) is 113 cm³/mol. The van der Waals surface area contributed by atoms with Gasteiger partial charge in [0.15, 0.2) is 11.6 Å². The van der Waals surface area contributed by atoms with E-state index >= 15 is 4.39 Å². The van der Waals surface area contributed by atoms with Crippen LogP contribution in [0.5, 0.6) is 0 Å². The maximum absolute atomic E-state index is 15.2. The van der Waals surface area contributed by atoms with Gasteiger partial charge in [0.05, 0.1) is 11.4 Å². The molecular formula is C21H34F2N4O3. The molecule has 0 heterocycles. The van der Waals surface area contributed by atoms with Crippen LogP contribution in [0.1, 0.15) is 52.5 Å². The van der Waals surface area contributed by atoms with Crippen LogP contribution < -0.4 is 17.0 Å². The number of hydrogen-bond donors (Lipinski definition) is 3. The molecule has 2 rings (SSSR count). The van der Waals surface area contributed by atoms with Crippen LogP contribution in [-0.4, -0.2) is 37.3 Å². The van der Waals surface area contributed by atoms with Crippen molar-refractivity contribution in [2.24, 2.45) is 17.7 Å². The van der Waals surface area contributed by atoms with E-state index in [0.29, 0.717) is 6.42 Å². The molecule has 1 saturated carbocycles. The van der Waals surface area contributed by atoms with E-state index in [-0.39, 0.29) is 35.3 Å². The van der Waals surface area contributed by atoms with Gasteiger partial charge in [-0.3, -0.25) is 5.84 Å². The summed E-state index contributed by atoms with van der Waals surface area (Å²) in [5.74, 6) is 2.82. The minimum Gasteiger partial charge on any atom is -0.444 e. The first-order valence-corrected chi connectivity index (χ1v) is 10.1. The van der Waals surface area contributed by atoms with Crippen LogP contribution >= 0.6 is 0 Å². The topological polar surface area (TPSA) is 103 Å². The van der Waals surface area contributed by atoms with Gasteiger partial charge in [0.25, 0.3) is 0 Å². The molecule has 1 aliphatic rings. The van der Waals surface area contributed by atoms with E-state index in [9.17, 15) is 9.18 Å². The van der Waals surface area contributed by atoms with E-state index < -0.39 is 28.9 Å². The van der Waals surface area contributed by atoms with Gasteiger partial charge in [-0.25, -0.2) is 13.6 Å². The molecule has 7 nitrogen and oxygen atoms in total. The van der Waals surface area contributed by atoms with Gasteiger partial charge in [-0.05, 0) is 39.5 Å². The molecule has 0 bridgehead atoms. The molecule has 9 heteroatoms. The van der Waals surface area contributed by atoms with Crippen molar-refractivity contribution >= 4 is 17.5 Å². The van der Waals surface area contributed by atoms with Gasteiger partial charge < -0.3 is 25.5 Å². The third-order valence-corrected chi connectivity index (χ3v) is 5.87. The van der Waals surface area contributed by atoms with Crippen molar-refractivity contribution in [1.29, 1.82) is 0 Å². The Morgan fingerprint density at radius 2 is 2.00 bits per heavy atom. The number of hydrazine groups is 1. The summed E-state index contributed by atoms with van der Waals surface area (Å²) in [6.45, 7) is 7.50. The Morgan fingerprint density at radius 1 is 1.37 bits per heavy atom. The number of anilines is 2. The van der Waals surface area contributed by atoms with Crippen LogP contribution in [0.3, 0.4) is 0 Å². The molecule has 1 aromatic carbocycles. The molecule has 1 fully saturated rings. The van der Waals surface area contributed by atoms with Crippen LogP contribution in [-0.2, 0) is 15.1 Å². The Balaban J connectivity index is 2.54. The normalized spacial score (nSPS) is 24.4. The fourth-order valence-electron chi connectivity index (χ4n) is 4.54. The van der Waals surface area contributed by atoms with Gasteiger partial charge in [-0.2, -0.15) is 0 Å². The molecule has 0 radical (unpaired) electrons. The summed E-state index contributed by atoms with van der Waals surface area (Å²) in [7, 11) is 3.08. The molecule has 3 atom stereocenters. The van der Waals surface area contributed by atoms with Gasteiger partial charge in [0.2, 0.25) is 0 Å². The highest BCUT2D eigenvalue weighted by Crippen LogP contribution is 2.52. The second-order valence-electron chi connectivity index (χ2n) is 9.04. The van der Waals surface area contributed by atoms with Crippen molar-refractivity contribution in [3.8, 4) is 0 Å². The molecule has 1 aliphatic carbocycles. The maximum atomic E-state index is 15.2. The number of halogens is 2. The van der Waals surface area contributed by atoms with Crippen LogP contribution in [0.4, 0.5) is 25.0 Å². The molecule has 30 heavy (non-hydrogen) atoms. The lowest BCUT2D eigenvalue weighted by atomic mass is 9.64. The fourth-order valence-corrected chi connectivity index (χ4v) is 4.54. The van der Waals surface area contributed by atoms with Crippen molar-refractivity contribution < 1.29 is 23.0 Å². The van der Waals surface area contributed by atoms with Crippen LogP contribution in [0.2, 0.25) is 0 Å². The predicted octanol–water partition coefficient (Wildman–Crippen LogP) is 3.98. The Labute approximate surface area is 177 Å². The SMILES string of the molecule is COC1(c2c(N)c(NN)cc(F)c2F)C(C)CCCC1CN(C)C(=O)OC(C)(C)C. The van der Waals surface area contributed by atoms with Gasteiger partial charge >= 0.3 is 6.09 Å². The smallest absolute Gasteiger partial charge is 0.410 e. The number of nitrogen functional groups attached to an aromatic ring is 2. The number of amides is 1. The summed E-state index contributed by atoms with van der Waals surface area (Å²) < 4.78 is 41.0. The van der Waals surface area contributed by atoms with Crippen molar-refractivity contribution in [3.63, 3.8) is 0 Å². The molecule has 1 aromatic rings. The van der Waals surface area contributed by atoms with Crippen molar-refractivity contribution in [1.82, 2.24) is 4.90 Å². The van der Waals surface area contributed by atoms with E-state index in [2.05, 4.69) is 5.43 Å². The van der Waals surface area contributed by atoms with Gasteiger partial charge in [-0.15, -0.1) is 0 Å². The number of ether oxygens (including phenoxy) is 2. The summed E-state index contributed by atoms with van der Waals surface area (Å²) in [5.41, 5.74) is 6.67. The van der Waals surface area contributed by atoms with Crippen LogP contribution in [0.25, 0.3) is 0 Å². The second kappa shape index (κ2) is 8.93. The summed E-state index contributed by atoms with van der Waals surface area (Å²) in [6.07, 6.45) is 1.74. The van der Waals surface area contributed by atoms with Gasteiger partial charge in [-0.1, -0.05) is 13.3 Å². The Hall–Kier alpha value is -2.13. The second-order valence-corrected chi connectivity index (χ2v) is 9.04. The zero-order valence-electron chi connectivity index (χ0n) is 18.6. The highest BCUT2D eigenvalue weighted by atomic mass is 19.2. The molecular weight excluding hydrogens is 394 g/mol. The minimum absolute atomic E-state index is 0.00285. The number of carbonyl (C=O) groups excluding carboxylic acids is 1. The number of rotatable bonds is 5. The summed E-state index contributed by atoms with van der Waals surface area (Å²) in [4.78, 5) is 14.0. The Bertz CT molecular complexity index is 784. The average Bonchev–Trinajstić information content (AvgIpc) is 2.65. The Kier molecular flexibility index (Phi) is 7.19. The quantitative estimate of drug-likeness (QED) is 0.372. The molecule has 5 N–H and O–H groups in total. The standard InChI is InChI=1S/C21H34F2N4O3/c1-12-8-7-9-13(11-27(5)19(28)30-20(2,3)4)21(12,29-6)16-17(23)14(22)10-15(26-25)18(16)24/h10,12-13,26H,7-9,11,24-25H2,1-6H3. The number of nitrogens with one attached hydrogen (secondary N) is 1. The fraction of sp³-hybridized carbons (Fsp3) is 0.667. The zero-order valence-corrected chi connectivity index (χ0v) is 18.6. The molecule has 0 saturated heterocycles. The third kappa shape index (κ3) is 4.46. The lowest BCUT2D eigenvalue weighted by Gasteiger charge is -2.49. The zero-order chi connectivity index (χ0) is 22.9. The lowest BCUT2D eigenvalue weighted by molar-refractivity contribution is -0.132. The van der Waals surface area contributed by atoms with Crippen LogP contribution in [0.15, 0.2) is 6.07 Å². The summed E-state index contributed by atoms with van der Waals surface area (Å²) in [5, 5.41) is 0. The number of nitrogens with zero attached hydrogens (tertiary/aromatic N) is 1. The number of hydrogen-bond acceptors (Lipinski definition) is 6. The first kappa shape index (κ1) is 24.1. The van der Waals surface area contributed by atoms with Crippen molar-refractivity contribution in [2.75, 3.05) is 31.9 Å². The number of methoxy groups -OCH3 is 1. The number of nitrogens with two attached hydrogens (primary N) is 2. The van der Waals surface area contributed by atoms with E-state index in [1.165, 1.54) is 12.0 Å². The molecule has 0 aromatic heterocycles. The molecule has 3 unspecified atom stereocenters. The van der Waals surface area contributed by atoms with Crippen molar-refractivity contribution in [2.45, 2.75) is 58.2 Å². The van der Waals surface area contributed by atoms with Crippen molar-refractivity contribution in [3.05, 3.63) is 23.3 Å². The lowest BCUT2D eigenvalue weighted by Crippen LogP contribution is -2.51. The average molecular weight is 429 g/mol. The van der Waals surface area contributed by atoms with Crippen LogP contribution in [0, 0.1) is 23.5 Å². The Morgan fingerprint density at radius 3 is 2.53 bits per heavy atom. The van der Waals surface area contributed by atoms with E-state index in [1.807, 2.05) is 6.92 Å². The van der Waals surface area contributed by atoms with Gasteiger partial charge in [0.1, 0.15) is 11.2 Å². The summed E-state index contributed by atoms with van der Waals surface area (Å²) >= 11 is 0. The maximum Gasteiger partial charge on any atom is 0.410 e. The summed E-state index contributed by atoms with van der Waals surface area (Å²) in [6, 6.07) is 0.923. The monoisotopic (exact) mass is 428 g/mol. The van der Waals surface area contributed by atoms with E-state index in [1.54, 1.807) is 27.8 Å². The molecule has 1 amide bonds. The largest absolute Gasteiger partial charge is 0.444 e. The molecule has 0 aliphatic heterocycles. The highest BCUT2D eigenvalue weighted by molar-refractivity contribution is 5.72.